The summed E-state index contributed by atoms with van der Waals surface area (Å²) in [5.74, 6) is -3.46. The molecule has 0 amide bonds. The van der Waals surface area contributed by atoms with Gasteiger partial charge in [0.25, 0.3) is 0 Å². The first kappa shape index (κ1) is 127. The number of hydrogen-bond donors (Lipinski definition) is 12. The number of carboxylic acids is 3. The van der Waals surface area contributed by atoms with Crippen LogP contribution in [0.3, 0.4) is 0 Å². The quantitative estimate of drug-likeness (QED) is 0.0363. The fourth-order valence-electron chi connectivity index (χ4n) is 4.11. The van der Waals surface area contributed by atoms with E-state index in [1.54, 1.807) is 20.8 Å². The minimum absolute atomic E-state index is 0. The van der Waals surface area contributed by atoms with Crippen molar-refractivity contribution in [2.75, 3.05) is 118 Å². The average Bonchev–Trinajstić information content (AvgIpc) is 3.31. The van der Waals surface area contributed by atoms with Crippen LogP contribution in [0.1, 0.15) is 60.8 Å². The van der Waals surface area contributed by atoms with E-state index in [0.717, 1.165) is 78.2 Å². The summed E-state index contributed by atoms with van der Waals surface area (Å²) >= 11 is 0. The van der Waals surface area contributed by atoms with Gasteiger partial charge in [-0.1, -0.05) is 60.8 Å². The van der Waals surface area contributed by atoms with Crippen LogP contribution in [-0.4, -0.2) is 169 Å². The van der Waals surface area contributed by atoms with Gasteiger partial charge in [0.1, 0.15) is 0 Å². The maximum absolute atomic E-state index is 10.1. The first-order chi connectivity index (χ1) is 38.8. The number of halogens is 6. The SMILES string of the molecule is CC[C@H](C)[C@@H](N)C(=O)[O-].CC[C@H](C)[C@@H](N)C(=O)[O-].CC[C@H](C)[C@H](N)C(=O)[O-].NCCN(CCN)CCN.NCCN(CCN)CCN.NCCN(CCN)CCN.[Co+3].[Co+3].[Co+3].[O-][Cl+3]([O-])([O-])[O-].[O-][Cl+3]([O-])([O-])[O-].[O-][Cl+3]([O-])([O-])[O-].[O-][Cl+3]([O-])([O-])[O-].[O-][Cl+3]([O-])([O-])[O-].[O-][Cl+3]([O-])([O-])[O-]. The van der Waals surface area contributed by atoms with Gasteiger partial charge in [-0.2, -0.15) is 0 Å². The van der Waals surface area contributed by atoms with Crippen molar-refractivity contribution in [1.29, 1.82) is 0 Å². The van der Waals surface area contributed by atoms with Crippen LogP contribution in [0.25, 0.3) is 0 Å². The molecule has 0 heterocycles. The summed E-state index contributed by atoms with van der Waals surface area (Å²) in [4.78, 5) is 36.7. The van der Waals surface area contributed by atoms with Gasteiger partial charge >= 0.3 is 50.3 Å². The number of carbonyl (C=O) groups is 3. The number of nitrogens with zero attached hydrogens (tertiary/aromatic N) is 3. The molecule has 0 aromatic carbocycles. The molecule has 24 N–H and O–H groups in total. The number of nitrogens with two attached hydrogens (primary N) is 12. The van der Waals surface area contributed by atoms with Crippen molar-refractivity contribution in [2.24, 2.45) is 86.6 Å². The standard InChI is InChI=1S/3C6H18N4.3C6H13NO2.6ClHO4.3Co/c3*7-1-4-10(5-2-8)6-3-9;3*1-3-4(2)5(7)6(8)9;6*2-1(3,4)5;;;/h3*1-9H2;3*4-5H,3,7H2,1-2H3,(H,8,9);6*(H,2,3,4,5);;;/q;;;;;;;;;;;;3*+3/p-9/t;;;2*4-,5+;4-,5-;;;;;;;;;/m...000........./s1. The molecule has 0 aliphatic carbocycles. The van der Waals surface area contributed by atoms with E-state index in [9.17, 15) is 29.7 Å². The number of carboxylic acid groups (broad SMARTS) is 3. The molecule has 0 aliphatic rings. The Kier molecular flexibility index (Phi) is 112. The van der Waals surface area contributed by atoms with Gasteiger partial charge in [0.2, 0.25) is 0 Å². The Morgan fingerprint density at radius 3 is 0.389 bits per heavy atom. The van der Waals surface area contributed by atoms with E-state index in [2.05, 4.69) is 14.7 Å². The Bertz CT molecular complexity index is 1190. The molecule has 0 aromatic rings. The van der Waals surface area contributed by atoms with Crippen LogP contribution in [0.4, 0.5) is 0 Å². The van der Waals surface area contributed by atoms with Crippen molar-refractivity contribution in [3.8, 4) is 0 Å². The summed E-state index contributed by atoms with van der Waals surface area (Å²) in [6.45, 7) is 25.3. The van der Waals surface area contributed by atoms with Gasteiger partial charge in [-0.05, 0) is 17.8 Å². The number of aliphatic carboxylic acids is 3. The minimum atomic E-state index is -4.94. The minimum Gasteiger partial charge on any atom is -0.548 e. The van der Waals surface area contributed by atoms with E-state index in [0.29, 0.717) is 58.9 Å². The van der Waals surface area contributed by atoms with E-state index in [1.165, 1.54) is 0 Å². The van der Waals surface area contributed by atoms with Crippen LogP contribution in [0, 0.1) is 79.2 Å². The van der Waals surface area contributed by atoms with Gasteiger partial charge in [-0.15, -0.1) is 61.5 Å². The van der Waals surface area contributed by atoms with Crippen LogP contribution in [-0.2, 0) is 64.7 Å². The van der Waals surface area contributed by atoms with E-state index in [4.69, 9.17) is 181 Å². The third-order valence-corrected chi connectivity index (χ3v) is 8.60. The van der Waals surface area contributed by atoms with E-state index >= 15 is 0 Å². The zero-order valence-corrected chi connectivity index (χ0v) is 57.3. The van der Waals surface area contributed by atoms with Crippen molar-refractivity contribution in [1.82, 2.24) is 14.7 Å². The normalized spacial score (nSPS) is 12.6. The molecule has 0 aliphatic heterocycles. The molecular weight excluding hydrogens is 1510 g/mol. The molecule has 0 fully saturated rings. The molecule has 54 heteroatoms. The third-order valence-electron chi connectivity index (χ3n) is 8.60. The average molecular weight is 1600 g/mol. The zero-order chi connectivity index (χ0) is 72.8. The summed E-state index contributed by atoms with van der Waals surface area (Å²) in [7, 11) is -29.7. The van der Waals surface area contributed by atoms with Crippen LogP contribution < -0.4 is 196 Å². The molecule has 0 rings (SSSR count). The first-order valence-electron chi connectivity index (χ1n) is 23.9. The summed E-state index contributed by atoms with van der Waals surface area (Å²) in [6.07, 6.45) is 2.32. The van der Waals surface area contributed by atoms with Gasteiger partial charge in [0.15, 0.2) is 0 Å². The van der Waals surface area contributed by atoms with Gasteiger partial charge in [-0.25, -0.2) is 112 Å². The molecular formula is C36H90Cl6Co3N15O30. The number of carbonyl (C=O) groups excluding carboxylic acids is 3. The van der Waals surface area contributed by atoms with E-state index in [-0.39, 0.29) is 68.1 Å². The maximum atomic E-state index is 10.1. The Morgan fingerprint density at radius 1 is 0.278 bits per heavy atom. The molecule has 90 heavy (non-hydrogen) atoms. The third kappa shape index (κ3) is 205. The van der Waals surface area contributed by atoms with Crippen molar-refractivity contribution < 1.29 is 253 Å². The van der Waals surface area contributed by atoms with Crippen molar-refractivity contribution in [3.63, 3.8) is 0 Å². The van der Waals surface area contributed by atoms with E-state index in [1.807, 2.05) is 20.8 Å². The van der Waals surface area contributed by atoms with Crippen LogP contribution >= 0.6 is 0 Å². The van der Waals surface area contributed by atoms with Crippen molar-refractivity contribution in [3.05, 3.63) is 0 Å². The topological polar surface area (TPSA) is 996 Å². The molecule has 0 radical (unpaired) electrons. The molecule has 6 atom stereocenters. The Morgan fingerprint density at radius 2 is 0.356 bits per heavy atom. The largest absolute Gasteiger partial charge is 3.00 e. The van der Waals surface area contributed by atoms with E-state index < -0.39 is 97.5 Å². The monoisotopic (exact) mass is 1600 g/mol. The number of hydrogen-bond acceptors (Lipinski definition) is 45. The van der Waals surface area contributed by atoms with Crippen molar-refractivity contribution in [2.45, 2.75) is 78.9 Å². The summed E-state index contributed by atoms with van der Waals surface area (Å²) in [6, 6.07) is -2.43. The second-order valence-corrected chi connectivity index (χ2v) is 20.1. The van der Waals surface area contributed by atoms with Crippen molar-refractivity contribution >= 4 is 17.9 Å². The molecule has 45 nitrogen and oxygen atoms in total. The molecule has 0 bridgehead atoms. The Labute approximate surface area is 566 Å². The molecule has 0 unspecified atom stereocenters. The molecule has 0 saturated heterocycles. The Balaban J connectivity index is -0.0000000529. The summed E-state index contributed by atoms with van der Waals surface area (Å²) < 4.78 is 204. The Hall–Kier alpha value is 0.109. The second kappa shape index (κ2) is 79.8. The molecule has 0 aromatic heterocycles. The van der Waals surface area contributed by atoms with Crippen LogP contribution in [0.2, 0.25) is 0 Å². The van der Waals surface area contributed by atoms with Gasteiger partial charge < -0.3 is 98.5 Å². The maximum Gasteiger partial charge on any atom is 3.00 e. The summed E-state index contributed by atoms with van der Waals surface area (Å²) in [5, 5.41) is 30.2. The zero-order valence-electron chi connectivity index (χ0n) is 49.6. The smallest absolute Gasteiger partial charge is 0.548 e. The molecule has 0 saturated carbocycles. The molecule has 558 valence electrons. The predicted molar refractivity (Wildman–Crippen MR) is 228 cm³/mol. The van der Waals surface area contributed by atoms with Gasteiger partial charge in [0, 0.05) is 136 Å². The predicted octanol–water partition coefficient (Wildman–Crippen LogP) is -36.7. The first-order valence-corrected chi connectivity index (χ1v) is 31.3. The van der Waals surface area contributed by atoms with Gasteiger partial charge in [-0.3, -0.25) is 14.7 Å². The number of rotatable bonds is 27. The fraction of sp³-hybridized carbons (Fsp3) is 0.917. The molecule has 0 spiro atoms. The van der Waals surface area contributed by atoms with Crippen LogP contribution in [0.5, 0.6) is 0 Å². The van der Waals surface area contributed by atoms with Gasteiger partial charge in [0.05, 0.1) is 17.9 Å². The van der Waals surface area contributed by atoms with Crippen LogP contribution in [0.15, 0.2) is 0 Å². The fourth-order valence-corrected chi connectivity index (χ4v) is 4.11. The second-order valence-electron chi connectivity index (χ2n) is 15.6. The summed E-state index contributed by atoms with van der Waals surface area (Å²) in [5.41, 5.74) is 63.9.